The van der Waals surface area contributed by atoms with Crippen LogP contribution in [-0.2, 0) is 0 Å². The number of fused-ring (bicyclic) bond motifs is 1. The minimum absolute atomic E-state index is 0.138. The molecule has 0 saturated carbocycles. The van der Waals surface area contributed by atoms with Crippen LogP contribution in [0.25, 0.3) is 16.6 Å². The van der Waals surface area contributed by atoms with Crippen LogP contribution >= 0.6 is 0 Å². The Labute approximate surface area is 160 Å². The van der Waals surface area contributed by atoms with Crippen molar-refractivity contribution in [3.05, 3.63) is 78.4 Å². The van der Waals surface area contributed by atoms with E-state index >= 15 is 0 Å². The first-order valence-corrected chi connectivity index (χ1v) is 8.67. The number of nitrogens with two attached hydrogens (primary N) is 1. The van der Waals surface area contributed by atoms with Crippen molar-refractivity contribution in [2.75, 3.05) is 16.4 Å². The van der Waals surface area contributed by atoms with Crippen molar-refractivity contribution >= 4 is 28.9 Å². The number of carbonyl (C=O) groups is 1. The van der Waals surface area contributed by atoms with Crippen LogP contribution in [-0.4, -0.2) is 15.4 Å². The molecular formula is C21H18FN5O. The molecule has 4 N–H and O–H groups in total. The Morgan fingerprint density at radius 2 is 1.89 bits per heavy atom. The Bertz CT molecular complexity index is 1170. The third kappa shape index (κ3) is 3.37. The van der Waals surface area contributed by atoms with E-state index in [1.54, 1.807) is 30.5 Å². The van der Waals surface area contributed by atoms with Gasteiger partial charge in [-0.05, 0) is 48.4 Å². The number of amides is 2. The quantitative estimate of drug-likeness (QED) is 0.486. The Kier molecular flexibility index (Phi) is 4.41. The Morgan fingerprint density at radius 1 is 1.11 bits per heavy atom. The molecule has 0 saturated heterocycles. The van der Waals surface area contributed by atoms with Crippen molar-refractivity contribution in [2.45, 2.75) is 6.92 Å². The number of hydrogen-bond acceptors (Lipinski definition) is 3. The summed E-state index contributed by atoms with van der Waals surface area (Å²) in [4.78, 5) is 16.3. The van der Waals surface area contributed by atoms with Crippen molar-refractivity contribution in [1.29, 1.82) is 0 Å². The number of hydrogen-bond donors (Lipinski definition) is 3. The number of anilines is 3. The predicted octanol–water partition coefficient (Wildman–Crippen LogP) is 4.68. The number of nitrogen functional groups attached to an aromatic ring is 1. The predicted molar refractivity (Wildman–Crippen MR) is 109 cm³/mol. The van der Waals surface area contributed by atoms with E-state index in [4.69, 9.17) is 5.73 Å². The number of nitrogens with one attached hydrogen (secondary N) is 2. The van der Waals surface area contributed by atoms with Crippen LogP contribution in [0, 0.1) is 12.7 Å². The van der Waals surface area contributed by atoms with E-state index in [0.29, 0.717) is 11.6 Å². The van der Waals surface area contributed by atoms with Gasteiger partial charge in [0, 0.05) is 17.4 Å². The molecule has 7 heteroatoms. The SMILES string of the molecule is Cc1ccc(F)c(NC(=O)Nc2ccc(-c3cccn4c(N)ncc34)cc2)c1. The molecule has 0 fully saturated rings. The molecule has 2 amide bonds. The van der Waals surface area contributed by atoms with Gasteiger partial charge in [0.05, 0.1) is 17.4 Å². The molecule has 0 radical (unpaired) electrons. The number of carbonyl (C=O) groups excluding carboxylic acids is 1. The topological polar surface area (TPSA) is 84.5 Å². The van der Waals surface area contributed by atoms with Gasteiger partial charge >= 0.3 is 6.03 Å². The van der Waals surface area contributed by atoms with E-state index in [-0.39, 0.29) is 5.69 Å². The summed E-state index contributed by atoms with van der Waals surface area (Å²) < 4.78 is 15.6. The standard InChI is InChI=1S/C21H18FN5O/c1-13-4-9-17(22)18(11-13)26-21(28)25-15-7-5-14(6-8-15)16-3-2-10-27-19(16)12-24-20(27)23/h2-12H,1H3,(H2,23,24)(H2,25,26,28). The van der Waals surface area contributed by atoms with Gasteiger partial charge in [0.1, 0.15) is 5.82 Å². The number of nitrogens with zero attached hydrogens (tertiary/aromatic N) is 2. The molecule has 4 aromatic rings. The first-order chi connectivity index (χ1) is 13.5. The number of benzene rings is 2. The van der Waals surface area contributed by atoms with Gasteiger partial charge in [-0.25, -0.2) is 14.2 Å². The summed E-state index contributed by atoms with van der Waals surface area (Å²) in [5.41, 5.74) is 10.3. The number of imidazole rings is 1. The molecule has 28 heavy (non-hydrogen) atoms. The van der Waals surface area contributed by atoms with Crippen LogP contribution in [0.2, 0.25) is 0 Å². The highest BCUT2D eigenvalue weighted by Gasteiger charge is 2.09. The van der Waals surface area contributed by atoms with Gasteiger partial charge in [0.25, 0.3) is 0 Å². The average molecular weight is 375 g/mol. The molecular weight excluding hydrogens is 357 g/mol. The monoisotopic (exact) mass is 375 g/mol. The van der Waals surface area contributed by atoms with Crippen LogP contribution in [0.4, 0.5) is 26.5 Å². The van der Waals surface area contributed by atoms with Crippen molar-refractivity contribution in [1.82, 2.24) is 9.38 Å². The maximum Gasteiger partial charge on any atom is 0.323 e. The highest BCUT2D eigenvalue weighted by Crippen LogP contribution is 2.27. The Hall–Kier alpha value is -3.87. The normalized spacial score (nSPS) is 10.8. The fraction of sp³-hybridized carbons (Fsp3) is 0.0476. The van der Waals surface area contributed by atoms with Crippen molar-refractivity contribution < 1.29 is 9.18 Å². The fourth-order valence-electron chi connectivity index (χ4n) is 3.04. The zero-order valence-electron chi connectivity index (χ0n) is 15.1. The van der Waals surface area contributed by atoms with E-state index in [1.807, 2.05) is 41.8 Å². The molecule has 0 unspecified atom stereocenters. The van der Waals surface area contributed by atoms with Gasteiger partial charge in [-0.2, -0.15) is 0 Å². The van der Waals surface area contributed by atoms with Gasteiger partial charge in [-0.3, -0.25) is 4.40 Å². The van der Waals surface area contributed by atoms with Gasteiger partial charge in [0.15, 0.2) is 0 Å². The maximum atomic E-state index is 13.8. The number of aromatic nitrogens is 2. The Balaban J connectivity index is 1.52. The largest absolute Gasteiger partial charge is 0.369 e. The molecule has 140 valence electrons. The molecule has 0 atom stereocenters. The lowest BCUT2D eigenvalue weighted by Crippen LogP contribution is -2.20. The summed E-state index contributed by atoms with van der Waals surface area (Å²) >= 11 is 0. The van der Waals surface area contributed by atoms with Gasteiger partial charge in [-0.15, -0.1) is 0 Å². The highest BCUT2D eigenvalue weighted by atomic mass is 19.1. The molecule has 6 nitrogen and oxygen atoms in total. The lowest BCUT2D eigenvalue weighted by Gasteiger charge is -2.10. The number of aryl methyl sites for hydroxylation is 1. The molecule has 0 spiro atoms. The van der Waals surface area contributed by atoms with E-state index in [0.717, 1.165) is 22.2 Å². The van der Waals surface area contributed by atoms with Crippen molar-refractivity contribution in [3.63, 3.8) is 0 Å². The van der Waals surface area contributed by atoms with Gasteiger partial charge in [-0.1, -0.05) is 24.3 Å². The van der Waals surface area contributed by atoms with Crippen molar-refractivity contribution in [2.24, 2.45) is 0 Å². The maximum absolute atomic E-state index is 13.8. The lowest BCUT2D eigenvalue weighted by atomic mass is 10.1. The third-order valence-corrected chi connectivity index (χ3v) is 4.42. The molecule has 0 aliphatic heterocycles. The second-order valence-electron chi connectivity index (χ2n) is 6.43. The van der Waals surface area contributed by atoms with Crippen LogP contribution in [0.3, 0.4) is 0 Å². The number of pyridine rings is 1. The number of halogens is 1. The zero-order chi connectivity index (χ0) is 19.7. The zero-order valence-corrected chi connectivity index (χ0v) is 15.1. The summed E-state index contributed by atoms with van der Waals surface area (Å²) in [6.07, 6.45) is 3.58. The number of rotatable bonds is 3. The minimum atomic E-state index is -0.511. The fourth-order valence-corrected chi connectivity index (χ4v) is 3.04. The van der Waals surface area contributed by atoms with Gasteiger partial charge in [0.2, 0.25) is 5.95 Å². The first kappa shape index (κ1) is 17.5. The molecule has 4 rings (SSSR count). The smallest absolute Gasteiger partial charge is 0.323 e. The van der Waals surface area contributed by atoms with Crippen LogP contribution in [0.5, 0.6) is 0 Å². The van der Waals surface area contributed by atoms with Crippen LogP contribution in [0.15, 0.2) is 67.0 Å². The molecule has 2 aromatic heterocycles. The molecule has 2 heterocycles. The third-order valence-electron chi connectivity index (χ3n) is 4.42. The lowest BCUT2D eigenvalue weighted by molar-refractivity contribution is 0.262. The van der Waals surface area contributed by atoms with Crippen molar-refractivity contribution in [3.8, 4) is 11.1 Å². The van der Waals surface area contributed by atoms with E-state index in [9.17, 15) is 9.18 Å². The van der Waals surface area contributed by atoms with E-state index < -0.39 is 11.8 Å². The average Bonchev–Trinajstić information content (AvgIpc) is 3.07. The van der Waals surface area contributed by atoms with Gasteiger partial charge < -0.3 is 16.4 Å². The van der Waals surface area contributed by atoms with E-state index in [2.05, 4.69) is 15.6 Å². The molecule has 0 aliphatic carbocycles. The summed E-state index contributed by atoms with van der Waals surface area (Å²) in [7, 11) is 0. The molecule has 0 aliphatic rings. The summed E-state index contributed by atoms with van der Waals surface area (Å²) in [6.45, 7) is 1.83. The van der Waals surface area contributed by atoms with E-state index in [1.165, 1.54) is 6.07 Å². The van der Waals surface area contributed by atoms with Crippen LogP contribution < -0.4 is 16.4 Å². The Morgan fingerprint density at radius 3 is 2.68 bits per heavy atom. The minimum Gasteiger partial charge on any atom is -0.369 e. The molecule has 0 bridgehead atoms. The first-order valence-electron chi connectivity index (χ1n) is 8.67. The second kappa shape index (κ2) is 7.03. The molecule has 2 aromatic carbocycles. The second-order valence-corrected chi connectivity index (χ2v) is 6.43. The van der Waals surface area contributed by atoms with Crippen LogP contribution in [0.1, 0.15) is 5.56 Å². The summed E-state index contributed by atoms with van der Waals surface area (Å²) in [5.74, 6) is -0.0561. The highest BCUT2D eigenvalue weighted by molar-refractivity contribution is 6.00. The summed E-state index contributed by atoms with van der Waals surface area (Å²) in [6, 6.07) is 15.3. The number of urea groups is 1. The summed E-state index contributed by atoms with van der Waals surface area (Å²) in [5, 5.41) is 5.22.